The summed E-state index contributed by atoms with van der Waals surface area (Å²) in [6, 6.07) is 33.5. The van der Waals surface area contributed by atoms with Crippen LogP contribution in [0.3, 0.4) is 0 Å². The molecule has 0 amide bonds. The lowest BCUT2D eigenvalue weighted by Gasteiger charge is -2.39. The molecule has 0 atom stereocenters. The minimum Gasteiger partial charge on any atom is -0.342 e. The van der Waals surface area contributed by atoms with Gasteiger partial charge in [0.15, 0.2) is 5.82 Å². The van der Waals surface area contributed by atoms with E-state index < -0.39 is 0 Å². The summed E-state index contributed by atoms with van der Waals surface area (Å²) in [7, 11) is 0. The van der Waals surface area contributed by atoms with E-state index in [-0.39, 0.29) is 5.41 Å². The zero-order chi connectivity index (χ0) is 27.0. The Morgan fingerprint density at radius 3 is 1.98 bits per heavy atom. The molecule has 6 heteroatoms. The maximum Gasteiger partial charge on any atom is 0.235 e. The summed E-state index contributed by atoms with van der Waals surface area (Å²) in [6.07, 6.45) is 3.82. The molecule has 41 heavy (non-hydrogen) atoms. The molecule has 1 aromatic heterocycles. The van der Waals surface area contributed by atoms with E-state index in [0.717, 1.165) is 50.5 Å². The predicted molar refractivity (Wildman–Crippen MR) is 162 cm³/mol. The number of benzene rings is 4. The van der Waals surface area contributed by atoms with Crippen LogP contribution in [-0.2, 0) is 5.41 Å². The average Bonchev–Trinajstić information content (AvgIpc) is 3.52. The molecule has 9 rings (SSSR count). The Balaban J connectivity index is 1.21. The summed E-state index contributed by atoms with van der Waals surface area (Å²) in [4.78, 5) is 23.6. The van der Waals surface area contributed by atoms with Gasteiger partial charge in [-0.1, -0.05) is 84.9 Å². The SMILES string of the molecule is c1ccc2c(c1)-c1ccccc1C21c2ccccc2-c2cc(-c3ncnc(N4CCCN5CCCN=C54)n3)ccc21. The lowest BCUT2D eigenvalue weighted by molar-refractivity contribution is 0.359. The maximum absolute atomic E-state index is 5.00. The third-order valence-corrected chi connectivity index (χ3v) is 9.23. The minimum absolute atomic E-state index is 0.335. The molecular weight excluding hydrogens is 504 g/mol. The van der Waals surface area contributed by atoms with Crippen LogP contribution in [-0.4, -0.2) is 52.0 Å². The average molecular weight is 533 g/mol. The number of hydrogen-bond acceptors (Lipinski definition) is 6. The third-order valence-electron chi connectivity index (χ3n) is 9.23. The fraction of sp³-hybridized carbons (Fsp3) is 0.200. The van der Waals surface area contributed by atoms with Gasteiger partial charge in [0.05, 0.1) is 5.41 Å². The maximum atomic E-state index is 5.00. The van der Waals surface area contributed by atoms with E-state index in [1.807, 2.05) is 0 Å². The topological polar surface area (TPSA) is 57.5 Å². The molecule has 3 heterocycles. The largest absolute Gasteiger partial charge is 0.342 e. The molecule has 6 nitrogen and oxygen atoms in total. The number of aromatic nitrogens is 3. The Morgan fingerprint density at radius 2 is 1.24 bits per heavy atom. The second-order valence-corrected chi connectivity index (χ2v) is 11.3. The van der Waals surface area contributed by atoms with Crippen LogP contribution in [0, 0.1) is 0 Å². The minimum atomic E-state index is -0.335. The van der Waals surface area contributed by atoms with E-state index in [1.54, 1.807) is 6.33 Å². The van der Waals surface area contributed by atoms with E-state index in [4.69, 9.17) is 9.98 Å². The molecule has 4 aromatic carbocycles. The van der Waals surface area contributed by atoms with E-state index in [9.17, 15) is 0 Å². The normalized spacial score (nSPS) is 17.4. The van der Waals surface area contributed by atoms with E-state index in [0.29, 0.717) is 11.8 Å². The van der Waals surface area contributed by atoms with Crippen LogP contribution in [0.25, 0.3) is 33.6 Å². The highest BCUT2D eigenvalue weighted by Gasteiger charge is 2.51. The number of fused-ring (bicyclic) bond motifs is 11. The van der Waals surface area contributed by atoms with Gasteiger partial charge in [-0.2, -0.15) is 4.98 Å². The van der Waals surface area contributed by atoms with Gasteiger partial charge in [0.2, 0.25) is 11.9 Å². The second kappa shape index (κ2) is 8.58. The summed E-state index contributed by atoms with van der Waals surface area (Å²) < 4.78 is 0. The smallest absolute Gasteiger partial charge is 0.235 e. The standard InChI is InChI=1S/C35H28N6/c1-4-12-28-24(9-1)25-10-2-5-13-29(25)35(28)30-14-6-3-11-26(30)27-21-23(15-16-31(27)35)32-37-22-38-33(39-32)41-20-8-19-40-18-7-17-36-34(40)41/h1-6,9-16,21-22H,7-8,17-20H2. The summed E-state index contributed by atoms with van der Waals surface area (Å²) in [5.41, 5.74) is 11.2. The number of hydrogen-bond donors (Lipinski definition) is 0. The van der Waals surface area contributed by atoms with Gasteiger partial charge in [0.25, 0.3) is 0 Å². The van der Waals surface area contributed by atoms with Crippen molar-refractivity contribution in [1.29, 1.82) is 0 Å². The molecule has 0 radical (unpaired) electrons. The molecular formula is C35H28N6. The molecule has 4 aliphatic rings. The quantitative estimate of drug-likeness (QED) is 0.267. The molecule has 1 fully saturated rings. The Labute approximate surface area is 239 Å². The fourth-order valence-corrected chi connectivity index (χ4v) is 7.61. The van der Waals surface area contributed by atoms with Gasteiger partial charge in [0.1, 0.15) is 6.33 Å². The van der Waals surface area contributed by atoms with Crippen molar-refractivity contribution >= 4 is 11.9 Å². The van der Waals surface area contributed by atoms with Crippen molar-refractivity contribution in [1.82, 2.24) is 19.9 Å². The van der Waals surface area contributed by atoms with Gasteiger partial charge < -0.3 is 4.90 Å². The Hall–Kier alpha value is -4.84. The van der Waals surface area contributed by atoms with Crippen LogP contribution >= 0.6 is 0 Å². The zero-order valence-electron chi connectivity index (χ0n) is 22.7. The van der Waals surface area contributed by atoms with Gasteiger partial charge in [-0.3, -0.25) is 9.89 Å². The van der Waals surface area contributed by atoms with Crippen molar-refractivity contribution in [3.63, 3.8) is 0 Å². The van der Waals surface area contributed by atoms with Crippen LogP contribution in [0.5, 0.6) is 0 Å². The first kappa shape index (κ1) is 22.9. The van der Waals surface area contributed by atoms with Crippen molar-refractivity contribution in [2.24, 2.45) is 4.99 Å². The number of anilines is 1. The highest BCUT2D eigenvalue weighted by atomic mass is 15.4. The first-order valence-electron chi connectivity index (χ1n) is 14.5. The first-order chi connectivity index (χ1) is 20.3. The van der Waals surface area contributed by atoms with Crippen molar-refractivity contribution < 1.29 is 0 Å². The van der Waals surface area contributed by atoms with Gasteiger partial charge >= 0.3 is 0 Å². The molecule has 0 N–H and O–H groups in total. The Morgan fingerprint density at radius 1 is 0.610 bits per heavy atom. The lowest BCUT2D eigenvalue weighted by Crippen LogP contribution is -2.53. The third kappa shape index (κ3) is 3.07. The molecule has 1 saturated heterocycles. The number of rotatable bonds is 2. The molecule has 2 aliphatic heterocycles. The summed E-state index contributed by atoms with van der Waals surface area (Å²) in [6.45, 7) is 3.83. The lowest BCUT2D eigenvalue weighted by atomic mass is 9.70. The van der Waals surface area contributed by atoms with Crippen LogP contribution in [0.15, 0.2) is 102 Å². The number of nitrogens with zero attached hydrogens (tertiary/aromatic N) is 6. The summed E-state index contributed by atoms with van der Waals surface area (Å²) >= 11 is 0. The molecule has 0 unspecified atom stereocenters. The zero-order valence-corrected chi connectivity index (χ0v) is 22.7. The van der Waals surface area contributed by atoms with Crippen molar-refractivity contribution in [2.75, 3.05) is 31.1 Å². The molecule has 1 spiro atoms. The fourth-order valence-electron chi connectivity index (χ4n) is 7.61. The van der Waals surface area contributed by atoms with Gasteiger partial charge in [-0.15, -0.1) is 0 Å². The van der Waals surface area contributed by atoms with E-state index in [2.05, 4.69) is 111 Å². The van der Waals surface area contributed by atoms with Crippen molar-refractivity contribution in [2.45, 2.75) is 18.3 Å². The van der Waals surface area contributed by atoms with Gasteiger partial charge in [0, 0.05) is 31.7 Å². The van der Waals surface area contributed by atoms with Crippen molar-refractivity contribution in [3.05, 3.63) is 120 Å². The molecule has 0 saturated carbocycles. The monoisotopic (exact) mass is 532 g/mol. The number of guanidine groups is 1. The van der Waals surface area contributed by atoms with Gasteiger partial charge in [-0.05, 0) is 63.4 Å². The molecule has 198 valence electrons. The van der Waals surface area contributed by atoms with Crippen LogP contribution in [0.4, 0.5) is 5.95 Å². The summed E-state index contributed by atoms with van der Waals surface area (Å²) in [5, 5.41) is 0. The van der Waals surface area contributed by atoms with Crippen LogP contribution < -0.4 is 4.90 Å². The second-order valence-electron chi connectivity index (χ2n) is 11.3. The molecule has 0 bridgehead atoms. The van der Waals surface area contributed by atoms with Crippen LogP contribution in [0.1, 0.15) is 35.1 Å². The molecule has 2 aliphatic carbocycles. The summed E-state index contributed by atoms with van der Waals surface area (Å²) in [5.74, 6) is 2.37. The van der Waals surface area contributed by atoms with Gasteiger partial charge in [-0.25, -0.2) is 9.97 Å². The Bertz CT molecular complexity index is 1850. The highest BCUT2D eigenvalue weighted by Crippen LogP contribution is 2.62. The predicted octanol–water partition coefficient (Wildman–Crippen LogP) is 6.15. The van der Waals surface area contributed by atoms with Crippen LogP contribution in [0.2, 0.25) is 0 Å². The number of aliphatic imine (C=N–C) groups is 1. The Kier molecular flexibility index (Phi) is 4.80. The highest BCUT2D eigenvalue weighted by molar-refractivity contribution is 5.97. The molecule has 5 aromatic rings. The van der Waals surface area contributed by atoms with E-state index >= 15 is 0 Å². The van der Waals surface area contributed by atoms with E-state index in [1.165, 1.54) is 44.5 Å². The first-order valence-corrected chi connectivity index (χ1v) is 14.5. The van der Waals surface area contributed by atoms with Crippen molar-refractivity contribution in [3.8, 4) is 33.6 Å².